The van der Waals surface area contributed by atoms with Crippen LogP contribution in [0.15, 0.2) is 53.7 Å². The number of fused-ring (bicyclic) bond motifs is 1. The van der Waals surface area contributed by atoms with Crippen LogP contribution in [0.2, 0.25) is 0 Å². The highest BCUT2D eigenvalue weighted by molar-refractivity contribution is 7.93. The van der Waals surface area contributed by atoms with E-state index >= 15 is 0 Å². The zero-order valence-corrected chi connectivity index (χ0v) is 17.3. The minimum atomic E-state index is -3.68. The third-order valence-corrected chi connectivity index (χ3v) is 7.04. The molecular weight excluding hydrogens is 372 g/mol. The van der Waals surface area contributed by atoms with E-state index in [2.05, 4.69) is 10.4 Å². The minimum absolute atomic E-state index is 0.0269. The van der Waals surface area contributed by atoms with Gasteiger partial charge in [-0.1, -0.05) is 18.2 Å². The van der Waals surface area contributed by atoms with Crippen LogP contribution in [0, 0.1) is 13.8 Å². The van der Waals surface area contributed by atoms with Gasteiger partial charge in [-0.3, -0.25) is 8.99 Å². The fraction of sp³-hybridized carbons (Fsp3) is 0.286. The number of rotatable bonds is 3. The van der Waals surface area contributed by atoms with Crippen molar-refractivity contribution < 1.29 is 8.42 Å². The van der Waals surface area contributed by atoms with Crippen LogP contribution in [0.5, 0.6) is 0 Å². The van der Waals surface area contributed by atoms with Crippen LogP contribution in [0.25, 0.3) is 11.1 Å². The van der Waals surface area contributed by atoms with Gasteiger partial charge in [-0.15, -0.1) is 0 Å². The highest BCUT2D eigenvalue weighted by atomic mass is 32.2. The average molecular weight is 397 g/mol. The van der Waals surface area contributed by atoms with Crippen molar-refractivity contribution in [2.24, 2.45) is 7.05 Å². The van der Waals surface area contributed by atoms with E-state index in [1.54, 1.807) is 21.3 Å². The summed E-state index contributed by atoms with van der Waals surface area (Å²) in [6.45, 7) is 6.17. The molecule has 3 aromatic rings. The zero-order chi connectivity index (χ0) is 20.1. The molecule has 1 N–H and O–H groups in total. The summed E-state index contributed by atoms with van der Waals surface area (Å²) in [7, 11) is -1.82. The number of para-hydroxylation sites is 1. The van der Waals surface area contributed by atoms with Crippen molar-refractivity contribution in [1.29, 1.82) is 0 Å². The van der Waals surface area contributed by atoms with Crippen LogP contribution in [0.1, 0.15) is 18.1 Å². The van der Waals surface area contributed by atoms with Gasteiger partial charge in [0.15, 0.2) is 0 Å². The summed E-state index contributed by atoms with van der Waals surface area (Å²) in [5.41, 5.74) is 5.16. The predicted molar refractivity (Wildman–Crippen MR) is 112 cm³/mol. The van der Waals surface area contributed by atoms with Crippen molar-refractivity contribution >= 4 is 21.4 Å². The van der Waals surface area contributed by atoms with E-state index in [9.17, 15) is 8.42 Å². The topological polar surface area (TPSA) is 67.2 Å². The molecule has 28 heavy (non-hydrogen) atoms. The van der Waals surface area contributed by atoms with E-state index < -0.39 is 10.0 Å². The highest BCUT2D eigenvalue weighted by Crippen LogP contribution is 2.38. The smallest absolute Gasteiger partial charge is 0.264 e. The summed E-state index contributed by atoms with van der Waals surface area (Å²) in [6, 6.07) is 11.3. The Bertz CT molecular complexity index is 1150. The fourth-order valence-electron chi connectivity index (χ4n) is 3.78. The first-order chi connectivity index (χ1) is 13.3. The summed E-state index contributed by atoms with van der Waals surface area (Å²) in [5.74, 6) is 0. The van der Waals surface area contributed by atoms with Gasteiger partial charge in [0.25, 0.3) is 10.0 Å². The second kappa shape index (κ2) is 6.67. The van der Waals surface area contributed by atoms with Crippen molar-refractivity contribution in [3.63, 3.8) is 0 Å². The van der Waals surface area contributed by atoms with Gasteiger partial charge >= 0.3 is 0 Å². The van der Waals surface area contributed by atoms with Gasteiger partial charge in [0.05, 0.1) is 29.0 Å². The van der Waals surface area contributed by atoms with Crippen LogP contribution in [0.3, 0.4) is 0 Å². The largest absolute Gasteiger partial charge is 0.379 e. The summed E-state index contributed by atoms with van der Waals surface area (Å²) >= 11 is 0. The second-order valence-electron chi connectivity index (χ2n) is 7.44. The molecule has 1 aliphatic rings. The van der Waals surface area contributed by atoms with Crippen LogP contribution in [-0.2, 0) is 17.1 Å². The Balaban J connectivity index is 1.79. The molecule has 2 aromatic carbocycles. The number of aromatic nitrogens is 2. The molecule has 0 saturated heterocycles. The average Bonchev–Trinajstić information content (AvgIpc) is 3.07. The quantitative estimate of drug-likeness (QED) is 0.733. The molecule has 0 aliphatic carbocycles. The van der Waals surface area contributed by atoms with Gasteiger partial charge in [-0.25, -0.2) is 8.42 Å². The van der Waals surface area contributed by atoms with Crippen LogP contribution in [-0.4, -0.2) is 30.8 Å². The number of benzene rings is 2. The standard InChI is InChI=1S/C21H24N4O2S/c1-14-6-5-7-19-21(14)25(12-16(3)23-19)28(26,27)20-9-8-17(10-15(20)2)18-11-22-24(4)13-18/h5-11,13,16,23H,12H2,1-4H3. The fourth-order valence-corrected chi connectivity index (χ4v) is 5.63. The SMILES string of the molecule is Cc1cc(-c2cnn(C)c2)ccc1S(=O)(=O)N1CC(C)Nc2cccc(C)c21. The number of nitrogens with one attached hydrogen (secondary N) is 1. The van der Waals surface area contributed by atoms with Crippen molar-refractivity contribution in [2.45, 2.75) is 31.7 Å². The van der Waals surface area contributed by atoms with Gasteiger partial charge in [0, 0.05) is 24.8 Å². The maximum absolute atomic E-state index is 13.6. The number of hydrogen-bond acceptors (Lipinski definition) is 4. The number of anilines is 2. The Morgan fingerprint density at radius 3 is 2.57 bits per heavy atom. The molecule has 1 aliphatic heterocycles. The van der Waals surface area contributed by atoms with Gasteiger partial charge in [0.2, 0.25) is 0 Å². The minimum Gasteiger partial charge on any atom is -0.379 e. The number of nitrogens with zero attached hydrogens (tertiary/aromatic N) is 3. The van der Waals surface area contributed by atoms with Crippen molar-refractivity contribution in [2.75, 3.05) is 16.2 Å². The lowest BCUT2D eigenvalue weighted by molar-refractivity contribution is 0.585. The monoisotopic (exact) mass is 396 g/mol. The first-order valence-corrected chi connectivity index (χ1v) is 10.7. The lowest BCUT2D eigenvalue weighted by Gasteiger charge is -2.36. The molecule has 1 unspecified atom stereocenters. The number of sulfonamides is 1. The maximum Gasteiger partial charge on any atom is 0.264 e. The lowest BCUT2D eigenvalue weighted by atomic mass is 10.1. The van der Waals surface area contributed by atoms with Crippen LogP contribution < -0.4 is 9.62 Å². The van der Waals surface area contributed by atoms with E-state index in [0.717, 1.165) is 33.6 Å². The molecule has 6 nitrogen and oxygen atoms in total. The van der Waals surface area contributed by atoms with E-state index in [-0.39, 0.29) is 6.04 Å². The summed E-state index contributed by atoms with van der Waals surface area (Å²) in [5, 5.41) is 7.58. The van der Waals surface area contributed by atoms with Gasteiger partial charge in [0.1, 0.15) is 0 Å². The molecule has 0 fully saturated rings. The molecule has 0 amide bonds. The molecule has 4 rings (SSSR count). The van der Waals surface area contributed by atoms with Crippen molar-refractivity contribution in [3.8, 4) is 11.1 Å². The molecule has 0 spiro atoms. The normalized spacial score (nSPS) is 16.6. The van der Waals surface area contributed by atoms with E-state index in [0.29, 0.717) is 11.4 Å². The molecule has 0 radical (unpaired) electrons. The summed E-state index contributed by atoms with van der Waals surface area (Å²) in [6.07, 6.45) is 3.70. The molecule has 7 heteroatoms. The highest BCUT2D eigenvalue weighted by Gasteiger charge is 2.33. The molecule has 1 atom stereocenters. The van der Waals surface area contributed by atoms with Crippen molar-refractivity contribution in [3.05, 3.63) is 59.9 Å². The van der Waals surface area contributed by atoms with Crippen molar-refractivity contribution in [1.82, 2.24) is 9.78 Å². The molecule has 1 aromatic heterocycles. The van der Waals surface area contributed by atoms with Gasteiger partial charge in [-0.05, 0) is 55.7 Å². The summed E-state index contributed by atoms with van der Waals surface area (Å²) in [4.78, 5) is 0.337. The van der Waals surface area contributed by atoms with Gasteiger partial charge in [-0.2, -0.15) is 5.10 Å². The first kappa shape index (κ1) is 18.6. The second-order valence-corrected chi connectivity index (χ2v) is 9.27. The maximum atomic E-state index is 13.6. The number of aryl methyl sites for hydroxylation is 3. The van der Waals surface area contributed by atoms with E-state index in [1.807, 2.05) is 64.3 Å². The van der Waals surface area contributed by atoms with E-state index in [1.165, 1.54) is 0 Å². The Morgan fingerprint density at radius 2 is 1.89 bits per heavy atom. The molecule has 0 saturated carbocycles. The lowest BCUT2D eigenvalue weighted by Crippen LogP contribution is -2.44. The Morgan fingerprint density at radius 1 is 1.11 bits per heavy atom. The predicted octanol–water partition coefficient (Wildman–Crippen LogP) is 3.71. The van der Waals surface area contributed by atoms with E-state index in [4.69, 9.17) is 0 Å². The third kappa shape index (κ3) is 3.05. The third-order valence-electron chi connectivity index (χ3n) is 5.11. The molecule has 0 bridgehead atoms. The Labute approximate surface area is 165 Å². The van der Waals surface area contributed by atoms with Gasteiger partial charge < -0.3 is 5.32 Å². The zero-order valence-electron chi connectivity index (χ0n) is 16.5. The Hall–Kier alpha value is -2.80. The molecule has 146 valence electrons. The number of hydrogen-bond donors (Lipinski definition) is 1. The Kier molecular flexibility index (Phi) is 4.42. The molecular formula is C21H24N4O2S. The van der Waals surface area contributed by atoms with Crippen LogP contribution >= 0.6 is 0 Å². The first-order valence-electron chi connectivity index (χ1n) is 9.26. The molecule has 2 heterocycles. The summed E-state index contributed by atoms with van der Waals surface area (Å²) < 4.78 is 30.5. The van der Waals surface area contributed by atoms with Crippen LogP contribution in [0.4, 0.5) is 11.4 Å².